The summed E-state index contributed by atoms with van der Waals surface area (Å²) in [7, 11) is 0. The molecule has 0 saturated heterocycles. The Balaban J connectivity index is 2.45. The maximum absolute atomic E-state index is 11.1. The van der Waals surface area contributed by atoms with Gasteiger partial charge in [-0.05, 0) is 31.0 Å². The van der Waals surface area contributed by atoms with Gasteiger partial charge in [0.1, 0.15) is 12.1 Å². The van der Waals surface area contributed by atoms with Crippen molar-refractivity contribution in [1.82, 2.24) is 9.97 Å². The number of hydrogen-bond acceptors (Lipinski definition) is 4. The van der Waals surface area contributed by atoms with E-state index in [2.05, 4.69) is 35.6 Å². The third kappa shape index (κ3) is 3.29. The molecule has 1 aromatic carbocycles. The van der Waals surface area contributed by atoms with Gasteiger partial charge in [-0.3, -0.25) is 0 Å². The van der Waals surface area contributed by atoms with Crippen LogP contribution in [0.15, 0.2) is 24.5 Å². The molecule has 5 nitrogen and oxygen atoms in total. The number of rotatable bonds is 6. The molecule has 2 rings (SSSR count). The zero-order valence-electron chi connectivity index (χ0n) is 12.7. The molecular formula is C16H21N3O2. The summed E-state index contributed by atoms with van der Waals surface area (Å²) < 4.78 is 0. The molecule has 1 N–H and O–H groups in total. The Labute approximate surface area is 124 Å². The molecule has 0 bridgehead atoms. The highest BCUT2D eigenvalue weighted by Crippen LogP contribution is 2.24. The Morgan fingerprint density at radius 2 is 2.10 bits per heavy atom. The third-order valence-electron chi connectivity index (χ3n) is 3.77. The topological polar surface area (TPSA) is 66.3 Å². The molecule has 0 aliphatic rings. The third-order valence-corrected chi connectivity index (χ3v) is 3.77. The van der Waals surface area contributed by atoms with E-state index in [0.717, 1.165) is 30.7 Å². The zero-order chi connectivity index (χ0) is 15.4. The molecule has 5 heteroatoms. The minimum absolute atomic E-state index is 0.247. The van der Waals surface area contributed by atoms with Crippen molar-refractivity contribution in [1.29, 1.82) is 0 Å². The maximum Gasteiger partial charge on any atom is 0.335 e. The van der Waals surface area contributed by atoms with E-state index in [1.165, 1.54) is 6.33 Å². The molecule has 0 amide bonds. The first-order valence-electron chi connectivity index (χ1n) is 7.29. The first-order valence-corrected chi connectivity index (χ1v) is 7.29. The van der Waals surface area contributed by atoms with E-state index in [0.29, 0.717) is 11.4 Å². The van der Waals surface area contributed by atoms with Gasteiger partial charge in [-0.15, -0.1) is 0 Å². The van der Waals surface area contributed by atoms with Gasteiger partial charge >= 0.3 is 5.97 Å². The van der Waals surface area contributed by atoms with Crippen LogP contribution in [-0.2, 0) is 0 Å². The van der Waals surface area contributed by atoms with Crippen LogP contribution in [0.5, 0.6) is 0 Å². The largest absolute Gasteiger partial charge is 0.478 e. The van der Waals surface area contributed by atoms with E-state index < -0.39 is 5.97 Å². The number of anilines is 1. The Kier molecular flexibility index (Phi) is 4.73. The number of benzene rings is 1. The monoisotopic (exact) mass is 287 g/mol. The van der Waals surface area contributed by atoms with Gasteiger partial charge in [0.2, 0.25) is 0 Å². The summed E-state index contributed by atoms with van der Waals surface area (Å²) in [5.41, 5.74) is 0.916. The number of nitrogens with zero attached hydrogens (tertiary/aromatic N) is 3. The molecule has 21 heavy (non-hydrogen) atoms. The number of carboxylic acids is 1. The zero-order valence-corrected chi connectivity index (χ0v) is 12.7. The summed E-state index contributed by atoms with van der Waals surface area (Å²) in [5, 5.41) is 9.96. The van der Waals surface area contributed by atoms with Crippen LogP contribution in [0.3, 0.4) is 0 Å². The SMILES string of the molecule is CCC(C)CN(CC)c1ncnc2cc(C(=O)O)ccc12. The van der Waals surface area contributed by atoms with Crippen LogP contribution in [-0.4, -0.2) is 34.1 Å². The summed E-state index contributed by atoms with van der Waals surface area (Å²) in [4.78, 5) is 21.9. The van der Waals surface area contributed by atoms with Crippen molar-refractivity contribution in [2.45, 2.75) is 27.2 Å². The molecule has 1 aromatic heterocycles. The lowest BCUT2D eigenvalue weighted by Gasteiger charge is -2.26. The lowest BCUT2D eigenvalue weighted by molar-refractivity contribution is 0.0697. The number of aromatic carboxylic acids is 1. The van der Waals surface area contributed by atoms with Gasteiger partial charge in [0.15, 0.2) is 0 Å². The molecule has 1 unspecified atom stereocenters. The van der Waals surface area contributed by atoms with Gasteiger partial charge in [-0.2, -0.15) is 0 Å². The van der Waals surface area contributed by atoms with Crippen LogP contribution in [0.2, 0.25) is 0 Å². The van der Waals surface area contributed by atoms with Crippen molar-refractivity contribution in [3.8, 4) is 0 Å². The Morgan fingerprint density at radius 3 is 2.71 bits per heavy atom. The number of hydrogen-bond donors (Lipinski definition) is 1. The van der Waals surface area contributed by atoms with Crippen LogP contribution in [0.25, 0.3) is 10.9 Å². The van der Waals surface area contributed by atoms with E-state index in [1.807, 2.05) is 0 Å². The number of aromatic nitrogens is 2. The molecular weight excluding hydrogens is 266 g/mol. The fourth-order valence-corrected chi connectivity index (χ4v) is 2.30. The smallest absolute Gasteiger partial charge is 0.335 e. The molecule has 0 fully saturated rings. The number of carbonyl (C=O) groups is 1. The molecule has 0 aliphatic carbocycles. The predicted octanol–water partition coefficient (Wildman–Crippen LogP) is 3.20. The Hall–Kier alpha value is -2.17. The van der Waals surface area contributed by atoms with Crippen molar-refractivity contribution in [3.63, 3.8) is 0 Å². The molecule has 0 aliphatic heterocycles. The van der Waals surface area contributed by atoms with Crippen molar-refractivity contribution >= 4 is 22.7 Å². The molecule has 1 atom stereocenters. The van der Waals surface area contributed by atoms with Crippen LogP contribution < -0.4 is 4.90 Å². The minimum Gasteiger partial charge on any atom is -0.478 e. The fraction of sp³-hybridized carbons (Fsp3) is 0.438. The van der Waals surface area contributed by atoms with Crippen molar-refractivity contribution in [3.05, 3.63) is 30.1 Å². The number of fused-ring (bicyclic) bond motifs is 1. The van der Waals surface area contributed by atoms with Crippen LogP contribution in [0.4, 0.5) is 5.82 Å². The average Bonchev–Trinajstić information content (AvgIpc) is 2.51. The lowest BCUT2D eigenvalue weighted by atomic mass is 10.1. The van der Waals surface area contributed by atoms with E-state index in [4.69, 9.17) is 5.11 Å². The molecule has 0 radical (unpaired) electrons. The predicted molar refractivity (Wildman–Crippen MR) is 83.8 cm³/mol. The highest BCUT2D eigenvalue weighted by Gasteiger charge is 2.14. The highest BCUT2D eigenvalue weighted by atomic mass is 16.4. The average molecular weight is 287 g/mol. The van der Waals surface area contributed by atoms with E-state index in [1.54, 1.807) is 18.2 Å². The normalized spacial score (nSPS) is 12.3. The maximum atomic E-state index is 11.1. The van der Waals surface area contributed by atoms with Gasteiger partial charge < -0.3 is 10.0 Å². The van der Waals surface area contributed by atoms with Gasteiger partial charge in [0.25, 0.3) is 0 Å². The van der Waals surface area contributed by atoms with Gasteiger partial charge in [0, 0.05) is 18.5 Å². The van der Waals surface area contributed by atoms with Crippen LogP contribution >= 0.6 is 0 Å². The van der Waals surface area contributed by atoms with Crippen LogP contribution in [0, 0.1) is 5.92 Å². The molecule has 1 heterocycles. The Morgan fingerprint density at radius 1 is 1.33 bits per heavy atom. The van der Waals surface area contributed by atoms with E-state index in [-0.39, 0.29) is 5.56 Å². The van der Waals surface area contributed by atoms with Gasteiger partial charge in [-0.1, -0.05) is 20.3 Å². The van der Waals surface area contributed by atoms with E-state index in [9.17, 15) is 4.79 Å². The summed E-state index contributed by atoms with van der Waals surface area (Å²) in [6, 6.07) is 5.00. The second kappa shape index (κ2) is 6.52. The first kappa shape index (κ1) is 15.2. The summed E-state index contributed by atoms with van der Waals surface area (Å²) in [6.07, 6.45) is 2.62. The molecule has 0 spiro atoms. The minimum atomic E-state index is -0.941. The number of carboxylic acid groups (broad SMARTS) is 1. The van der Waals surface area contributed by atoms with Crippen LogP contribution in [0.1, 0.15) is 37.6 Å². The van der Waals surface area contributed by atoms with Crippen molar-refractivity contribution in [2.24, 2.45) is 5.92 Å². The van der Waals surface area contributed by atoms with Gasteiger partial charge in [-0.25, -0.2) is 14.8 Å². The standard InChI is InChI=1S/C16H21N3O2/c1-4-11(3)9-19(5-2)15-13-7-6-12(16(20)21)8-14(13)17-10-18-15/h6-8,10-11H,4-5,9H2,1-3H3,(H,20,21). The molecule has 112 valence electrons. The fourth-order valence-electron chi connectivity index (χ4n) is 2.30. The first-order chi connectivity index (χ1) is 10.1. The quantitative estimate of drug-likeness (QED) is 0.883. The summed E-state index contributed by atoms with van der Waals surface area (Å²) >= 11 is 0. The second-order valence-corrected chi connectivity index (χ2v) is 5.29. The summed E-state index contributed by atoms with van der Waals surface area (Å²) in [6.45, 7) is 8.28. The van der Waals surface area contributed by atoms with Crippen molar-refractivity contribution < 1.29 is 9.90 Å². The Bertz CT molecular complexity index is 642. The lowest BCUT2D eigenvalue weighted by Crippen LogP contribution is -2.29. The second-order valence-electron chi connectivity index (χ2n) is 5.29. The summed E-state index contributed by atoms with van der Waals surface area (Å²) in [5.74, 6) is 0.511. The molecule has 2 aromatic rings. The van der Waals surface area contributed by atoms with Crippen molar-refractivity contribution in [2.75, 3.05) is 18.0 Å². The molecule has 0 saturated carbocycles. The van der Waals surface area contributed by atoms with E-state index >= 15 is 0 Å². The van der Waals surface area contributed by atoms with Gasteiger partial charge in [0.05, 0.1) is 11.1 Å². The highest BCUT2D eigenvalue weighted by molar-refractivity contribution is 5.96.